The highest BCUT2D eigenvalue weighted by molar-refractivity contribution is 6.32. The highest BCUT2D eigenvalue weighted by Gasteiger charge is 2.30. The minimum atomic E-state index is -0.0531. The quantitative estimate of drug-likeness (QED) is 0.610. The van der Waals surface area contributed by atoms with Gasteiger partial charge in [0, 0.05) is 0 Å². The van der Waals surface area contributed by atoms with Gasteiger partial charge in [-0.05, 0) is 6.92 Å². The number of hydrogen-bond donors (Lipinski definition) is 0. The van der Waals surface area contributed by atoms with Crippen molar-refractivity contribution in [1.82, 2.24) is 20.0 Å². The monoisotopic (exact) mass is 299 g/mol. The van der Waals surface area contributed by atoms with Crippen LogP contribution in [0.2, 0.25) is 5.15 Å². The van der Waals surface area contributed by atoms with Gasteiger partial charge in [-0.3, -0.25) is 0 Å². The summed E-state index contributed by atoms with van der Waals surface area (Å²) in [5.74, 6) is 0.471. The van der Waals surface area contributed by atoms with Crippen molar-refractivity contribution in [1.29, 1.82) is 0 Å². The van der Waals surface area contributed by atoms with Crippen LogP contribution in [0.5, 0.6) is 5.88 Å². The SMILES string of the molecule is COc1nc(C)nc(Cl)c1N=C1N(N=O)CCN1N=O. The number of aliphatic imine (C=N–C) groups is 1. The zero-order chi connectivity index (χ0) is 14.7. The number of methoxy groups -OCH3 is 1. The average molecular weight is 300 g/mol. The second kappa shape index (κ2) is 5.74. The molecule has 0 aliphatic carbocycles. The first-order chi connectivity index (χ1) is 9.60. The normalized spacial score (nSPS) is 14.4. The molecule has 10 nitrogen and oxygen atoms in total. The van der Waals surface area contributed by atoms with Gasteiger partial charge in [0.15, 0.2) is 10.8 Å². The van der Waals surface area contributed by atoms with Crippen molar-refractivity contribution in [2.45, 2.75) is 6.92 Å². The minimum Gasteiger partial charge on any atom is -0.479 e. The van der Waals surface area contributed by atoms with Gasteiger partial charge in [-0.15, -0.1) is 9.81 Å². The zero-order valence-corrected chi connectivity index (χ0v) is 11.4. The van der Waals surface area contributed by atoms with E-state index in [0.717, 1.165) is 10.0 Å². The second-order valence-electron chi connectivity index (χ2n) is 3.74. The first-order valence-electron chi connectivity index (χ1n) is 5.49. The summed E-state index contributed by atoms with van der Waals surface area (Å²) < 4.78 is 5.06. The summed E-state index contributed by atoms with van der Waals surface area (Å²) in [6.45, 7) is 2.03. The molecule has 1 aromatic heterocycles. The van der Waals surface area contributed by atoms with E-state index in [2.05, 4.69) is 25.5 Å². The average Bonchev–Trinajstić information content (AvgIpc) is 2.83. The molecule has 0 atom stereocenters. The van der Waals surface area contributed by atoms with Crippen molar-refractivity contribution in [3.63, 3.8) is 0 Å². The summed E-state index contributed by atoms with van der Waals surface area (Å²) in [6, 6.07) is 0. The summed E-state index contributed by atoms with van der Waals surface area (Å²) in [5.41, 5.74) is 0.0963. The van der Waals surface area contributed by atoms with E-state index in [1.165, 1.54) is 7.11 Å². The van der Waals surface area contributed by atoms with Crippen LogP contribution in [0.4, 0.5) is 5.69 Å². The Kier molecular flexibility index (Phi) is 4.03. The number of aryl methyl sites for hydroxylation is 1. The van der Waals surface area contributed by atoms with Gasteiger partial charge in [0.1, 0.15) is 5.82 Å². The maximum absolute atomic E-state index is 10.7. The van der Waals surface area contributed by atoms with Crippen LogP contribution in [0.3, 0.4) is 0 Å². The predicted molar refractivity (Wildman–Crippen MR) is 70.4 cm³/mol. The molecule has 11 heteroatoms. The fraction of sp³-hybridized carbons (Fsp3) is 0.444. The van der Waals surface area contributed by atoms with Crippen LogP contribution in [0.25, 0.3) is 0 Å². The van der Waals surface area contributed by atoms with Crippen molar-refractivity contribution in [2.24, 2.45) is 15.6 Å². The van der Waals surface area contributed by atoms with E-state index < -0.39 is 0 Å². The molecule has 20 heavy (non-hydrogen) atoms. The van der Waals surface area contributed by atoms with E-state index in [1.807, 2.05) is 0 Å². The first-order valence-corrected chi connectivity index (χ1v) is 5.87. The summed E-state index contributed by atoms with van der Waals surface area (Å²) in [5, 5.41) is 7.51. The number of rotatable bonds is 4. The number of halogens is 1. The Balaban J connectivity index is 2.52. The predicted octanol–water partition coefficient (Wildman–Crippen LogP) is 1.41. The lowest BCUT2D eigenvalue weighted by atomic mass is 10.5. The third kappa shape index (κ3) is 2.50. The van der Waals surface area contributed by atoms with Gasteiger partial charge in [-0.1, -0.05) is 11.6 Å². The van der Waals surface area contributed by atoms with Gasteiger partial charge in [0.25, 0.3) is 0 Å². The molecule has 0 bridgehead atoms. The van der Waals surface area contributed by atoms with Crippen LogP contribution in [-0.2, 0) is 0 Å². The van der Waals surface area contributed by atoms with Crippen LogP contribution < -0.4 is 4.74 Å². The van der Waals surface area contributed by atoms with Crippen LogP contribution in [-0.4, -0.2) is 46.1 Å². The van der Waals surface area contributed by atoms with E-state index in [0.29, 0.717) is 5.82 Å². The highest BCUT2D eigenvalue weighted by atomic mass is 35.5. The molecule has 0 spiro atoms. The first kappa shape index (κ1) is 14.1. The van der Waals surface area contributed by atoms with Crippen molar-refractivity contribution in [3.8, 4) is 5.88 Å². The molecule has 0 amide bonds. The molecule has 0 unspecified atom stereocenters. The molecule has 0 saturated carbocycles. The Labute approximate surface area is 118 Å². The fourth-order valence-electron chi connectivity index (χ4n) is 1.64. The molecule has 0 aromatic carbocycles. The van der Waals surface area contributed by atoms with Crippen molar-refractivity contribution >= 4 is 23.2 Å². The lowest BCUT2D eigenvalue weighted by Gasteiger charge is -2.12. The molecule has 106 valence electrons. The van der Waals surface area contributed by atoms with E-state index >= 15 is 0 Å². The Hall–Kier alpha value is -2.36. The van der Waals surface area contributed by atoms with E-state index in [9.17, 15) is 9.81 Å². The Bertz CT molecular complexity index is 561. The van der Waals surface area contributed by atoms with Gasteiger partial charge < -0.3 is 4.74 Å². The Morgan fingerprint density at radius 1 is 1.20 bits per heavy atom. The number of nitroso groups, excluding NO2 is 2. The van der Waals surface area contributed by atoms with Crippen LogP contribution in [0.1, 0.15) is 5.82 Å². The molecule has 1 aliphatic rings. The smallest absolute Gasteiger partial charge is 0.249 e. The van der Waals surface area contributed by atoms with Crippen molar-refractivity contribution < 1.29 is 4.74 Å². The molecule has 2 rings (SSSR count). The molecule has 1 saturated heterocycles. The lowest BCUT2D eigenvalue weighted by Crippen LogP contribution is -2.26. The standard InChI is InChI=1S/C9H10ClN7O3/c1-5-11-7(10)6(8(12-5)20-2)13-9-16(14-18)3-4-17(9)15-19/h3-4H2,1-2H3. The third-order valence-electron chi connectivity index (χ3n) is 2.51. The fourth-order valence-corrected chi connectivity index (χ4v) is 1.88. The molecular weight excluding hydrogens is 290 g/mol. The van der Waals surface area contributed by atoms with Crippen LogP contribution >= 0.6 is 11.6 Å². The van der Waals surface area contributed by atoms with Crippen LogP contribution in [0.15, 0.2) is 15.6 Å². The number of ether oxygens (including phenoxy) is 1. The van der Waals surface area contributed by atoms with Crippen molar-refractivity contribution in [2.75, 3.05) is 20.2 Å². The van der Waals surface area contributed by atoms with E-state index in [-0.39, 0.29) is 35.8 Å². The maximum Gasteiger partial charge on any atom is 0.249 e. The molecule has 0 N–H and O–H groups in total. The molecule has 0 radical (unpaired) electrons. The molecule has 1 aliphatic heterocycles. The summed E-state index contributed by atoms with van der Waals surface area (Å²) in [6.07, 6.45) is 0. The zero-order valence-electron chi connectivity index (χ0n) is 10.6. The topological polar surface area (TPSA) is 113 Å². The lowest BCUT2D eigenvalue weighted by molar-refractivity contribution is 0.396. The Morgan fingerprint density at radius 2 is 1.80 bits per heavy atom. The van der Waals surface area contributed by atoms with Gasteiger partial charge in [0.05, 0.1) is 30.8 Å². The van der Waals surface area contributed by atoms with Gasteiger partial charge >= 0.3 is 0 Å². The van der Waals surface area contributed by atoms with Crippen molar-refractivity contribution in [3.05, 3.63) is 20.8 Å². The number of nitrogens with zero attached hydrogens (tertiary/aromatic N) is 7. The summed E-state index contributed by atoms with van der Waals surface area (Å²) in [7, 11) is 1.39. The van der Waals surface area contributed by atoms with Crippen LogP contribution in [0, 0.1) is 16.7 Å². The van der Waals surface area contributed by atoms with Gasteiger partial charge in [-0.25, -0.2) is 9.98 Å². The molecule has 1 fully saturated rings. The van der Waals surface area contributed by atoms with E-state index in [4.69, 9.17) is 16.3 Å². The van der Waals surface area contributed by atoms with Gasteiger partial charge in [-0.2, -0.15) is 15.0 Å². The second-order valence-corrected chi connectivity index (χ2v) is 4.10. The van der Waals surface area contributed by atoms with E-state index in [1.54, 1.807) is 6.92 Å². The Morgan fingerprint density at radius 3 is 2.30 bits per heavy atom. The largest absolute Gasteiger partial charge is 0.479 e. The number of aromatic nitrogens is 2. The highest BCUT2D eigenvalue weighted by Crippen LogP contribution is 2.33. The third-order valence-corrected chi connectivity index (χ3v) is 2.77. The number of hydrogen-bond acceptors (Lipinski definition) is 8. The maximum atomic E-state index is 10.7. The molecule has 2 heterocycles. The van der Waals surface area contributed by atoms with Gasteiger partial charge in [0.2, 0.25) is 11.8 Å². The minimum absolute atomic E-state index is 0.0328. The number of guanidine groups is 1. The summed E-state index contributed by atoms with van der Waals surface area (Å²) >= 11 is 5.98. The molecule has 1 aromatic rings. The summed E-state index contributed by atoms with van der Waals surface area (Å²) in [4.78, 5) is 33.4. The molecular formula is C9H10ClN7O3.